The first-order valence-electron chi connectivity index (χ1n) is 7.53. The third-order valence-electron chi connectivity index (χ3n) is 3.84. The second kappa shape index (κ2) is 7.29. The van der Waals surface area contributed by atoms with Crippen LogP contribution in [0.4, 0.5) is 5.82 Å². The number of hydrogen-bond acceptors (Lipinski definition) is 8. The van der Waals surface area contributed by atoms with Crippen molar-refractivity contribution >= 4 is 17.2 Å². The number of rotatable bonds is 5. The molecule has 0 aliphatic heterocycles. The van der Waals surface area contributed by atoms with Gasteiger partial charge in [-0.25, -0.2) is 4.98 Å². The highest BCUT2D eigenvalue weighted by molar-refractivity contribution is 7.13. The molecule has 132 valence electrons. The maximum absolute atomic E-state index is 9.46. The van der Waals surface area contributed by atoms with Crippen molar-refractivity contribution in [2.24, 2.45) is 0 Å². The van der Waals surface area contributed by atoms with E-state index in [4.69, 9.17) is 19.9 Å². The number of hydrogen-bond donors (Lipinski definition) is 1. The Hall–Kier alpha value is -3.31. The minimum absolute atomic E-state index is 0.144. The second-order valence-corrected chi connectivity index (χ2v) is 6.06. The molecule has 2 N–H and O–H groups in total. The predicted octanol–water partition coefficient (Wildman–Crippen LogP) is 3.35. The lowest BCUT2D eigenvalue weighted by Gasteiger charge is -2.16. The molecule has 0 saturated carbocycles. The summed E-state index contributed by atoms with van der Waals surface area (Å²) in [6, 6.07) is 7.49. The van der Waals surface area contributed by atoms with Gasteiger partial charge in [0.15, 0.2) is 11.5 Å². The lowest BCUT2D eigenvalue weighted by atomic mass is 10.0. The van der Waals surface area contributed by atoms with Gasteiger partial charge in [0, 0.05) is 17.3 Å². The van der Waals surface area contributed by atoms with Crippen molar-refractivity contribution in [1.29, 1.82) is 5.26 Å². The van der Waals surface area contributed by atoms with Gasteiger partial charge in [0.05, 0.1) is 37.4 Å². The first-order chi connectivity index (χ1) is 12.6. The minimum Gasteiger partial charge on any atom is -0.493 e. The van der Waals surface area contributed by atoms with Gasteiger partial charge >= 0.3 is 0 Å². The molecule has 0 unspecified atom stereocenters. The van der Waals surface area contributed by atoms with Crippen LogP contribution in [0, 0.1) is 11.3 Å². The average Bonchev–Trinajstić information content (AvgIpc) is 3.20. The average molecular weight is 368 g/mol. The molecule has 7 nitrogen and oxygen atoms in total. The molecule has 1 aromatic carbocycles. The van der Waals surface area contributed by atoms with Gasteiger partial charge in [-0.3, -0.25) is 4.98 Å². The number of thiazole rings is 1. The normalized spacial score (nSPS) is 10.2. The van der Waals surface area contributed by atoms with Gasteiger partial charge in [0.1, 0.15) is 17.5 Å². The topological polar surface area (TPSA) is 103 Å². The Balaban J connectivity index is 2.27. The van der Waals surface area contributed by atoms with Crippen molar-refractivity contribution in [3.63, 3.8) is 0 Å². The van der Waals surface area contributed by atoms with E-state index in [9.17, 15) is 5.26 Å². The summed E-state index contributed by atoms with van der Waals surface area (Å²) in [5.74, 6) is 1.61. The number of benzene rings is 1. The van der Waals surface area contributed by atoms with Crippen LogP contribution in [0.2, 0.25) is 0 Å². The van der Waals surface area contributed by atoms with Gasteiger partial charge in [0.2, 0.25) is 5.75 Å². The van der Waals surface area contributed by atoms with E-state index < -0.39 is 0 Å². The molecule has 2 heterocycles. The van der Waals surface area contributed by atoms with Crippen LogP contribution in [0.3, 0.4) is 0 Å². The van der Waals surface area contributed by atoms with Gasteiger partial charge < -0.3 is 19.9 Å². The van der Waals surface area contributed by atoms with E-state index >= 15 is 0 Å². The van der Waals surface area contributed by atoms with Crippen molar-refractivity contribution in [2.45, 2.75) is 0 Å². The fourth-order valence-corrected chi connectivity index (χ4v) is 3.31. The SMILES string of the molecule is COc1ccc(-c2cc(-c3cncs3)c(C#N)c(N)n2)c(OC)c1OC. The van der Waals surface area contributed by atoms with Crippen molar-refractivity contribution in [3.8, 4) is 45.0 Å². The summed E-state index contributed by atoms with van der Waals surface area (Å²) in [6.45, 7) is 0. The maximum atomic E-state index is 9.46. The lowest BCUT2D eigenvalue weighted by Crippen LogP contribution is -2.01. The van der Waals surface area contributed by atoms with Crippen LogP contribution in [0.25, 0.3) is 21.7 Å². The van der Waals surface area contributed by atoms with Crippen molar-refractivity contribution in [2.75, 3.05) is 27.1 Å². The fourth-order valence-electron chi connectivity index (χ4n) is 2.67. The molecule has 0 amide bonds. The zero-order valence-electron chi connectivity index (χ0n) is 14.4. The number of nitrogens with two attached hydrogens (primary N) is 1. The third-order valence-corrected chi connectivity index (χ3v) is 4.64. The molecular weight excluding hydrogens is 352 g/mol. The van der Waals surface area contributed by atoms with Crippen LogP contribution < -0.4 is 19.9 Å². The van der Waals surface area contributed by atoms with E-state index in [0.29, 0.717) is 39.6 Å². The predicted molar refractivity (Wildman–Crippen MR) is 99.6 cm³/mol. The molecule has 0 bridgehead atoms. The Morgan fingerprint density at radius 2 is 1.85 bits per heavy atom. The van der Waals surface area contributed by atoms with Gasteiger partial charge in [-0.2, -0.15) is 5.26 Å². The third kappa shape index (κ3) is 2.89. The molecule has 0 radical (unpaired) electrons. The van der Waals surface area contributed by atoms with E-state index in [-0.39, 0.29) is 5.82 Å². The molecule has 8 heteroatoms. The Labute approximate surface area is 154 Å². The Morgan fingerprint density at radius 3 is 2.42 bits per heavy atom. The first kappa shape index (κ1) is 17.5. The monoisotopic (exact) mass is 368 g/mol. The quantitative estimate of drug-likeness (QED) is 0.736. The molecular formula is C18H16N4O3S. The number of pyridine rings is 1. The van der Waals surface area contributed by atoms with Crippen LogP contribution in [-0.4, -0.2) is 31.3 Å². The highest BCUT2D eigenvalue weighted by Crippen LogP contribution is 2.45. The van der Waals surface area contributed by atoms with E-state index in [2.05, 4.69) is 16.0 Å². The highest BCUT2D eigenvalue weighted by Gasteiger charge is 2.21. The summed E-state index contributed by atoms with van der Waals surface area (Å²) in [4.78, 5) is 9.29. The number of nitrogens with zero attached hydrogens (tertiary/aromatic N) is 3. The van der Waals surface area contributed by atoms with Crippen LogP contribution in [0.5, 0.6) is 17.2 Å². The smallest absolute Gasteiger partial charge is 0.203 e. The molecule has 2 aromatic heterocycles. The Kier molecular flexibility index (Phi) is 4.91. The van der Waals surface area contributed by atoms with Gasteiger partial charge in [-0.1, -0.05) is 0 Å². The number of nitriles is 1. The largest absolute Gasteiger partial charge is 0.493 e. The molecule has 0 aliphatic rings. The molecule has 0 fully saturated rings. The van der Waals surface area contributed by atoms with Gasteiger partial charge in [-0.05, 0) is 18.2 Å². The number of aromatic nitrogens is 2. The second-order valence-electron chi connectivity index (χ2n) is 5.17. The summed E-state index contributed by atoms with van der Waals surface area (Å²) >= 11 is 1.42. The number of anilines is 1. The van der Waals surface area contributed by atoms with Crippen molar-refractivity contribution < 1.29 is 14.2 Å². The van der Waals surface area contributed by atoms with Crippen molar-refractivity contribution in [3.05, 3.63) is 35.5 Å². The Morgan fingerprint density at radius 1 is 1.08 bits per heavy atom. The summed E-state index contributed by atoms with van der Waals surface area (Å²) < 4.78 is 16.3. The van der Waals surface area contributed by atoms with Crippen LogP contribution in [0.1, 0.15) is 5.56 Å². The first-order valence-corrected chi connectivity index (χ1v) is 8.41. The highest BCUT2D eigenvalue weighted by atomic mass is 32.1. The molecule has 0 aliphatic carbocycles. The minimum atomic E-state index is 0.144. The van der Waals surface area contributed by atoms with Crippen molar-refractivity contribution in [1.82, 2.24) is 9.97 Å². The summed E-state index contributed by atoms with van der Waals surface area (Å²) in [6.07, 6.45) is 1.69. The zero-order valence-corrected chi connectivity index (χ0v) is 15.3. The number of nitrogen functional groups attached to an aromatic ring is 1. The zero-order chi connectivity index (χ0) is 18.7. The van der Waals surface area contributed by atoms with Crippen LogP contribution >= 0.6 is 11.3 Å². The summed E-state index contributed by atoms with van der Waals surface area (Å²) in [7, 11) is 4.63. The molecule has 0 spiro atoms. The van der Waals surface area contributed by atoms with Gasteiger partial charge in [0.25, 0.3) is 0 Å². The molecule has 26 heavy (non-hydrogen) atoms. The molecule has 0 saturated heterocycles. The molecule has 3 aromatic rings. The lowest BCUT2D eigenvalue weighted by molar-refractivity contribution is 0.325. The van der Waals surface area contributed by atoms with E-state index in [1.807, 2.05) is 6.07 Å². The fraction of sp³-hybridized carbons (Fsp3) is 0.167. The van der Waals surface area contributed by atoms with E-state index in [1.54, 1.807) is 30.9 Å². The number of ether oxygens (including phenoxy) is 3. The van der Waals surface area contributed by atoms with Crippen LogP contribution in [0.15, 0.2) is 29.9 Å². The van der Waals surface area contributed by atoms with E-state index in [1.165, 1.54) is 25.6 Å². The van der Waals surface area contributed by atoms with E-state index in [0.717, 1.165) is 4.88 Å². The van der Waals surface area contributed by atoms with Crippen LogP contribution in [-0.2, 0) is 0 Å². The summed E-state index contributed by atoms with van der Waals surface area (Å²) in [5, 5.41) is 9.46. The summed E-state index contributed by atoms with van der Waals surface area (Å²) in [5.41, 5.74) is 9.97. The standard InChI is InChI=1S/C18H16N4O3S/c1-23-14-5-4-10(16(24-2)17(14)25-3)13-6-11(15-8-21-9-26-15)12(7-19)18(20)22-13/h4-6,8-9H,1-3H3,(H2,20,22). The number of methoxy groups -OCH3 is 3. The molecule has 3 rings (SSSR count). The van der Waals surface area contributed by atoms with Gasteiger partial charge in [-0.15, -0.1) is 11.3 Å². The maximum Gasteiger partial charge on any atom is 0.203 e. The Bertz CT molecular complexity index is 981. The molecule has 0 atom stereocenters.